The molecule has 1 heterocycles. The first-order valence-electron chi connectivity index (χ1n) is 9.51. The van der Waals surface area contributed by atoms with Gasteiger partial charge in [0.2, 0.25) is 0 Å². The van der Waals surface area contributed by atoms with Crippen LogP contribution in [0.25, 0.3) is 0 Å². The molecule has 29 heavy (non-hydrogen) atoms. The Morgan fingerprint density at radius 2 is 2.07 bits per heavy atom. The van der Waals surface area contributed by atoms with Gasteiger partial charge in [0.05, 0.1) is 10.7 Å². The highest BCUT2D eigenvalue weighted by atomic mass is 35.5. The zero-order valence-electron chi connectivity index (χ0n) is 15.8. The fourth-order valence-corrected chi connectivity index (χ4v) is 5.49. The van der Waals surface area contributed by atoms with Crippen LogP contribution in [0.5, 0.6) is 0 Å². The normalized spacial score (nSPS) is 19.4. The molecule has 0 amide bonds. The van der Waals surface area contributed by atoms with E-state index in [4.69, 9.17) is 17.3 Å². The van der Waals surface area contributed by atoms with E-state index in [-0.39, 0.29) is 16.2 Å². The van der Waals surface area contributed by atoms with Crippen molar-refractivity contribution >= 4 is 43.8 Å². The number of anilines is 2. The second-order valence-corrected chi connectivity index (χ2v) is 9.95. The van der Waals surface area contributed by atoms with Crippen molar-refractivity contribution in [3.63, 3.8) is 0 Å². The Bertz CT molecular complexity index is 911. The van der Waals surface area contributed by atoms with Gasteiger partial charge >= 0.3 is 0 Å². The standard InChI is InChI=1S/C18H25ClFN5O2S2/c19-12-10-17(29(26,27)25-18-24-8-9-28-18)13(20)11-16(12)23-7-2-1-6-22-15-5-3-4-14(15)21/h8-11,14-15,22-23H,1-7,21H2,(H,24,25)/t14-,15+/m1/s1. The Morgan fingerprint density at radius 1 is 1.28 bits per heavy atom. The summed E-state index contributed by atoms with van der Waals surface area (Å²) in [5.74, 6) is -0.877. The number of benzene rings is 1. The molecule has 0 aliphatic heterocycles. The Kier molecular flexibility index (Phi) is 7.69. The van der Waals surface area contributed by atoms with E-state index in [1.165, 1.54) is 12.6 Å². The highest BCUT2D eigenvalue weighted by molar-refractivity contribution is 7.93. The number of halogens is 2. The number of hydrogen-bond acceptors (Lipinski definition) is 7. The fourth-order valence-electron chi connectivity index (χ4n) is 3.32. The largest absolute Gasteiger partial charge is 0.384 e. The smallest absolute Gasteiger partial charge is 0.266 e. The van der Waals surface area contributed by atoms with Crippen LogP contribution in [0.3, 0.4) is 0 Å². The van der Waals surface area contributed by atoms with Gasteiger partial charge in [-0.25, -0.2) is 17.8 Å². The molecular weight excluding hydrogens is 437 g/mol. The number of aromatic nitrogens is 1. The first kappa shape index (κ1) is 22.2. The van der Waals surface area contributed by atoms with Crippen molar-refractivity contribution in [3.8, 4) is 0 Å². The lowest BCUT2D eigenvalue weighted by molar-refractivity contribution is 0.468. The lowest BCUT2D eigenvalue weighted by Gasteiger charge is -2.17. The molecule has 1 aromatic carbocycles. The van der Waals surface area contributed by atoms with E-state index in [0.717, 1.165) is 55.7 Å². The summed E-state index contributed by atoms with van der Waals surface area (Å²) < 4.78 is 41.4. The van der Waals surface area contributed by atoms with E-state index >= 15 is 0 Å². The van der Waals surface area contributed by atoms with E-state index in [9.17, 15) is 12.8 Å². The Hall–Kier alpha value is -1.46. The maximum Gasteiger partial charge on any atom is 0.266 e. The van der Waals surface area contributed by atoms with Gasteiger partial charge in [-0.05, 0) is 44.4 Å². The van der Waals surface area contributed by atoms with Crippen LogP contribution in [0.4, 0.5) is 15.2 Å². The molecule has 3 rings (SSSR count). The lowest BCUT2D eigenvalue weighted by atomic mass is 10.2. The van der Waals surface area contributed by atoms with E-state index in [1.807, 2.05) is 0 Å². The van der Waals surface area contributed by atoms with Gasteiger partial charge in [0.15, 0.2) is 5.13 Å². The van der Waals surface area contributed by atoms with Crippen LogP contribution in [0.2, 0.25) is 5.02 Å². The summed E-state index contributed by atoms with van der Waals surface area (Å²) in [6.07, 6.45) is 6.64. The molecule has 160 valence electrons. The summed E-state index contributed by atoms with van der Waals surface area (Å²) in [6.45, 7) is 1.47. The molecule has 0 radical (unpaired) electrons. The van der Waals surface area contributed by atoms with Crippen molar-refractivity contribution in [2.24, 2.45) is 5.73 Å². The van der Waals surface area contributed by atoms with Gasteiger partial charge in [-0.3, -0.25) is 4.72 Å². The first-order chi connectivity index (χ1) is 13.9. The van der Waals surface area contributed by atoms with Crippen molar-refractivity contribution in [3.05, 3.63) is 34.5 Å². The number of nitrogens with one attached hydrogen (secondary N) is 3. The molecule has 0 spiro atoms. The second kappa shape index (κ2) is 10.0. The van der Waals surface area contributed by atoms with Crippen LogP contribution in [-0.4, -0.2) is 38.6 Å². The predicted molar refractivity (Wildman–Crippen MR) is 116 cm³/mol. The number of hydrogen-bond donors (Lipinski definition) is 4. The molecule has 5 N–H and O–H groups in total. The van der Waals surface area contributed by atoms with Crippen LogP contribution >= 0.6 is 22.9 Å². The van der Waals surface area contributed by atoms with Crippen LogP contribution < -0.4 is 21.1 Å². The molecule has 1 aliphatic carbocycles. The lowest BCUT2D eigenvalue weighted by Crippen LogP contribution is -2.41. The van der Waals surface area contributed by atoms with Crippen LogP contribution in [-0.2, 0) is 10.0 Å². The van der Waals surface area contributed by atoms with Crippen LogP contribution in [0.1, 0.15) is 32.1 Å². The Labute approximate surface area is 179 Å². The first-order valence-corrected chi connectivity index (χ1v) is 12.2. The van der Waals surface area contributed by atoms with Gasteiger partial charge in [0.25, 0.3) is 10.0 Å². The van der Waals surface area contributed by atoms with Gasteiger partial charge in [-0.1, -0.05) is 18.0 Å². The maximum atomic E-state index is 14.4. The van der Waals surface area contributed by atoms with E-state index in [0.29, 0.717) is 18.3 Å². The monoisotopic (exact) mass is 461 g/mol. The summed E-state index contributed by atoms with van der Waals surface area (Å²) in [5, 5.41) is 8.46. The third-order valence-electron chi connectivity index (χ3n) is 4.86. The molecule has 0 bridgehead atoms. The van der Waals surface area contributed by atoms with Gasteiger partial charge < -0.3 is 16.4 Å². The average molecular weight is 462 g/mol. The second-order valence-electron chi connectivity index (χ2n) is 6.99. The van der Waals surface area contributed by atoms with Crippen molar-refractivity contribution in [2.75, 3.05) is 23.1 Å². The quantitative estimate of drug-likeness (QED) is 0.404. The summed E-state index contributed by atoms with van der Waals surface area (Å²) in [6, 6.07) is 2.86. The summed E-state index contributed by atoms with van der Waals surface area (Å²) in [7, 11) is -4.11. The van der Waals surface area contributed by atoms with Crippen molar-refractivity contribution in [1.82, 2.24) is 10.3 Å². The van der Waals surface area contributed by atoms with Crippen LogP contribution in [0.15, 0.2) is 28.6 Å². The predicted octanol–water partition coefficient (Wildman–Crippen LogP) is 3.40. The SMILES string of the molecule is N[C@@H]1CCC[C@@H]1NCCCCNc1cc(F)c(S(=O)(=O)Nc2nccs2)cc1Cl. The number of sulfonamides is 1. The fraction of sp³-hybridized carbons (Fsp3) is 0.500. The maximum absolute atomic E-state index is 14.4. The van der Waals surface area contributed by atoms with Crippen molar-refractivity contribution < 1.29 is 12.8 Å². The summed E-state index contributed by atoms with van der Waals surface area (Å²) >= 11 is 7.27. The third-order valence-corrected chi connectivity index (χ3v) is 7.34. The molecule has 0 unspecified atom stereocenters. The summed E-state index contributed by atoms with van der Waals surface area (Å²) in [4.78, 5) is 3.33. The molecule has 2 aromatic rings. The number of thiazole rings is 1. The van der Waals surface area contributed by atoms with Gasteiger partial charge in [0.1, 0.15) is 10.7 Å². The highest BCUT2D eigenvalue weighted by Gasteiger charge is 2.23. The average Bonchev–Trinajstić information content (AvgIpc) is 3.31. The molecule has 7 nitrogen and oxygen atoms in total. The number of nitrogens with zero attached hydrogens (tertiary/aromatic N) is 1. The molecule has 1 fully saturated rings. The van der Waals surface area contributed by atoms with Crippen LogP contribution in [0, 0.1) is 5.82 Å². The number of nitrogens with two attached hydrogens (primary N) is 1. The minimum Gasteiger partial charge on any atom is -0.384 e. The van der Waals surface area contributed by atoms with Gasteiger partial charge in [-0.15, -0.1) is 11.3 Å². The van der Waals surface area contributed by atoms with Crippen molar-refractivity contribution in [2.45, 2.75) is 49.1 Å². The molecular formula is C18H25ClFN5O2S2. The third kappa shape index (κ3) is 6.02. The van der Waals surface area contributed by atoms with E-state index < -0.39 is 20.7 Å². The molecule has 1 aromatic heterocycles. The van der Waals surface area contributed by atoms with E-state index in [2.05, 4.69) is 20.3 Å². The topological polar surface area (TPSA) is 109 Å². The molecule has 1 aliphatic rings. The van der Waals surface area contributed by atoms with Gasteiger partial charge in [-0.2, -0.15) is 0 Å². The number of rotatable bonds is 10. The minimum atomic E-state index is -4.11. The van der Waals surface area contributed by atoms with E-state index in [1.54, 1.807) is 5.38 Å². The van der Waals surface area contributed by atoms with Gasteiger partial charge in [0, 0.05) is 30.2 Å². The Morgan fingerprint density at radius 3 is 2.76 bits per heavy atom. The molecule has 1 saturated carbocycles. The van der Waals surface area contributed by atoms with Crippen molar-refractivity contribution in [1.29, 1.82) is 0 Å². The zero-order valence-corrected chi connectivity index (χ0v) is 18.2. The summed E-state index contributed by atoms with van der Waals surface area (Å²) in [5.41, 5.74) is 6.40. The zero-order chi connectivity index (χ0) is 20.9. The molecule has 11 heteroatoms. The minimum absolute atomic E-state index is 0.140. The molecule has 2 atom stereocenters. The highest BCUT2D eigenvalue weighted by Crippen LogP contribution is 2.29. The Balaban J connectivity index is 1.50. The molecule has 0 saturated heterocycles. The number of unbranched alkanes of at least 4 members (excludes halogenated alkanes) is 1.